The monoisotopic (exact) mass is 1600 g/mol. The van der Waals surface area contributed by atoms with E-state index in [-0.39, 0.29) is 5.28 Å². The zero-order valence-electron chi connectivity index (χ0n) is 67.3. The molecule has 20 aromatic rings. The SMILES string of the molecule is C#CC#CC#CC#CC#CC#CC.CC1(C)OB(c2c(-c3ccccc3)ccc3oc4ccccc4c23)OC1(C)C.Clc1nc(-c2ccccc2)nc(-c2cccc3oc4ccc(-c5ccccc5)cc4c23)n1.c1ccc(-c2ccc3oc4cccc(-c5nc(-c6ccccc6)nc(-c6c(-c7ccccc7)ccc7oc8ccccc8c67)n5)c4c3c2)cc1. The van der Waals surface area contributed by atoms with Crippen molar-refractivity contribution in [3.63, 3.8) is 0 Å². The summed E-state index contributed by atoms with van der Waals surface area (Å²) in [6.45, 7) is 10.1. The van der Waals surface area contributed by atoms with Crippen LogP contribution in [-0.2, 0) is 9.31 Å². The highest BCUT2D eigenvalue weighted by Crippen LogP contribution is 2.46. The summed E-state index contributed by atoms with van der Waals surface area (Å²) < 4.78 is 38.1. The van der Waals surface area contributed by atoms with Gasteiger partial charge in [0.15, 0.2) is 29.1 Å². The van der Waals surface area contributed by atoms with E-state index in [9.17, 15) is 0 Å². The number of aromatic nitrogens is 6. The second-order valence-corrected chi connectivity index (χ2v) is 30.1. The molecule has 21 rings (SSSR count). The fraction of sp³-hybridized carbons (Fsp3) is 0.0642. The van der Waals surface area contributed by atoms with E-state index in [1.165, 1.54) is 0 Å². The standard InChI is InChI=1S/C45H27N3O2.C27H16ClN3O.C24H23BO3.C13H4/c1-4-13-28(14-5-1)31-23-25-37-35(27-31)40-34(20-12-22-38(40)50-37)44-46-43(30-17-8-3-9-18-30)47-45(48-44)42-32(29-15-6-2-7-16-29)24-26-39-41(42)33-19-10-11-21-36(33)49-39;28-27-30-25(18-10-5-2-6-11-18)29-26(31-27)20-12-7-13-23-24(20)21-16-19(14-15-22(21)32-23)17-8-3-1-4-9-17;1-23(2)24(3,4)28-25(27-23)22-17(16-10-6-5-7-11-16)14-15-20-21(22)18-12-8-9-13-19(18)26-20;1-3-5-7-9-11-13-12-10-8-6-4-2/h1-27H;1-16H;5-15H,1-4H3;1H,2H3. The summed E-state index contributed by atoms with van der Waals surface area (Å²) in [6, 6.07) is 110. The Morgan fingerprint density at radius 3 is 1.10 bits per heavy atom. The molecule has 1 aliphatic rings. The average Bonchev–Trinajstić information content (AvgIpc) is 1.62. The van der Waals surface area contributed by atoms with Crippen LogP contribution in [0.5, 0.6) is 0 Å². The lowest BCUT2D eigenvalue weighted by atomic mass is 9.72. The molecule has 0 atom stereocenters. The second-order valence-electron chi connectivity index (χ2n) is 29.8. The van der Waals surface area contributed by atoms with Crippen molar-refractivity contribution in [3.05, 3.63) is 333 Å². The molecule has 0 N–H and O–H groups in total. The van der Waals surface area contributed by atoms with Crippen molar-refractivity contribution in [1.82, 2.24) is 29.9 Å². The summed E-state index contributed by atoms with van der Waals surface area (Å²) in [4.78, 5) is 29.2. The fourth-order valence-electron chi connectivity index (χ4n) is 15.3. The van der Waals surface area contributed by atoms with Crippen molar-refractivity contribution < 1.29 is 27.0 Å². The van der Waals surface area contributed by atoms with Crippen molar-refractivity contribution in [3.8, 4) is 173 Å². The first kappa shape index (κ1) is 78.1. The van der Waals surface area contributed by atoms with Crippen LogP contribution in [-0.4, -0.2) is 48.2 Å². The predicted octanol–water partition coefficient (Wildman–Crippen LogP) is 25.6. The highest BCUT2D eigenvalue weighted by Gasteiger charge is 2.53. The van der Waals surface area contributed by atoms with Crippen LogP contribution in [0.1, 0.15) is 34.6 Å². The number of hydrogen-bond acceptors (Lipinski definition) is 12. The van der Waals surface area contributed by atoms with Gasteiger partial charge in [-0.2, -0.15) is 9.97 Å². The highest BCUT2D eigenvalue weighted by atomic mass is 35.5. The molecule has 123 heavy (non-hydrogen) atoms. The summed E-state index contributed by atoms with van der Waals surface area (Å²) in [5, 5.41) is 8.22. The normalized spacial score (nSPS) is 12.2. The zero-order valence-corrected chi connectivity index (χ0v) is 68.1. The number of furan rings is 4. The third-order valence-corrected chi connectivity index (χ3v) is 21.9. The van der Waals surface area contributed by atoms with Gasteiger partial charge in [-0.25, -0.2) is 19.9 Å². The fourth-order valence-corrected chi connectivity index (χ4v) is 15.5. The molecule has 0 radical (unpaired) electrons. The van der Waals surface area contributed by atoms with E-state index in [1.54, 1.807) is 6.92 Å². The largest absolute Gasteiger partial charge is 0.496 e. The van der Waals surface area contributed by atoms with Crippen LogP contribution in [0.25, 0.3) is 189 Å². The summed E-state index contributed by atoms with van der Waals surface area (Å²) in [5.41, 5.74) is 20.0. The van der Waals surface area contributed by atoms with Crippen LogP contribution in [0.4, 0.5) is 0 Å². The van der Waals surface area contributed by atoms with Crippen LogP contribution >= 0.6 is 11.6 Å². The average molecular weight is 1610 g/mol. The quantitative estimate of drug-likeness (QED) is 0.0948. The van der Waals surface area contributed by atoms with E-state index in [0.717, 1.165) is 166 Å². The van der Waals surface area contributed by atoms with Gasteiger partial charge in [0.25, 0.3) is 0 Å². The number of nitrogens with zero attached hydrogens (tertiary/aromatic N) is 6. The molecule has 1 fully saturated rings. The summed E-state index contributed by atoms with van der Waals surface area (Å²) in [6.07, 6.45) is 4.86. The van der Waals surface area contributed by atoms with Gasteiger partial charge in [0.2, 0.25) is 5.28 Å². The van der Waals surface area contributed by atoms with Gasteiger partial charge in [-0.05, 0) is 217 Å². The molecule has 7 heterocycles. The molecular weight excluding hydrogens is 1540 g/mol. The zero-order chi connectivity index (χ0) is 83.8. The van der Waals surface area contributed by atoms with Crippen molar-refractivity contribution >= 4 is 112 Å². The maximum atomic E-state index is 6.47. The lowest BCUT2D eigenvalue weighted by Crippen LogP contribution is -2.41. The number of rotatable bonds is 10. The molecule has 0 spiro atoms. The molecule has 1 saturated heterocycles. The van der Waals surface area contributed by atoms with Crippen LogP contribution in [0.2, 0.25) is 5.28 Å². The molecule has 582 valence electrons. The lowest BCUT2D eigenvalue weighted by molar-refractivity contribution is 0.00578. The van der Waals surface area contributed by atoms with E-state index >= 15 is 0 Å². The van der Waals surface area contributed by atoms with Gasteiger partial charge in [0.1, 0.15) is 44.7 Å². The number of halogens is 1. The number of benzene rings is 14. The van der Waals surface area contributed by atoms with Crippen LogP contribution in [0.15, 0.2) is 345 Å². The van der Waals surface area contributed by atoms with E-state index in [4.69, 9.17) is 64.9 Å². The van der Waals surface area contributed by atoms with Crippen LogP contribution in [0.3, 0.4) is 0 Å². The van der Waals surface area contributed by atoms with Crippen molar-refractivity contribution in [2.45, 2.75) is 45.8 Å². The number of terminal acetylenes is 1. The number of hydrogen-bond donors (Lipinski definition) is 0. The van der Waals surface area contributed by atoms with E-state index in [2.05, 4.69) is 242 Å². The van der Waals surface area contributed by atoms with Gasteiger partial charge >= 0.3 is 7.12 Å². The molecule has 14 heteroatoms. The molecule has 0 aliphatic carbocycles. The van der Waals surface area contributed by atoms with E-state index in [1.807, 2.05) is 188 Å². The summed E-state index contributed by atoms with van der Waals surface area (Å²) in [7, 11) is -0.468. The molecule has 0 bridgehead atoms. The lowest BCUT2D eigenvalue weighted by Gasteiger charge is -2.32. The van der Waals surface area contributed by atoms with E-state index < -0.39 is 18.3 Å². The van der Waals surface area contributed by atoms with E-state index in [0.29, 0.717) is 29.1 Å². The Kier molecular flexibility index (Phi) is 21.9. The Hall–Kier alpha value is -16.1. The topological polar surface area (TPSA) is 148 Å². The first-order chi connectivity index (χ1) is 60.3. The second kappa shape index (κ2) is 34.5. The minimum absolute atomic E-state index is 0.156. The predicted molar refractivity (Wildman–Crippen MR) is 498 cm³/mol. The maximum absolute atomic E-state index is 6.47. The molecule has 0 amide bonds. The Morgan fingerprint density at radius 1 is 0.276 bits per heavy atom. The van der Waals surface area contributed by atoms with Gasteiger partial charge in [-0.15, -0.1) is 6.42 Å². The first-order valence-corrected chi connectivity index (χ1v) is 40.2. The third kappa shape index (κ3) is 16.1. The highest BCUT2D eigenvalue weighted by molar-refractivity contribution is 6.68. The molecule has 6 aromatic heterocycles. The molecule has 14 aromatic carbocycles. The Morgan fingerprint density at radius 2 is 0.618 bits per heavy atom. The smallest absolute Gasteiger partial charge is 0.456 e. The van der Waals surface area contributed by atoms with Crippen LogP contribution in [0, 0.1) is 71.5 Å². The van der Waals surface area contributed by atoms with Crippen LogP contribution < -0.4 is 5.46 Å². The Balaban J connectivity index is 0.000000122. The minimum atomic E-state index is -0.468. The van der Waals surface area contributed by atoms with Gasteiger partial charge < -0.3 is 27.0 Å². The molecular formula is C109H70BClN6O6. The molecule has 12 nitrogen and oxygen atoms in total. The van der Waals surface area contributed by atoms with Crippen molar-refractivity contribution in [2.24, 2.45) is 0 Å². The molecule has 1 aliphatic heterocycles. The Labute approximate surface area is 715 Å². The Bertz CT molecular complexity index is 7820. The maximum Gasteiger partial charge on any atom is 0.496 e. The summed E-state index contributed by atoms with van der Waals surface area (Å²) in [5.74, 6) is 29.7. The third-order valence-electron chi connectivity index (χ3n) is 21.7. The molecule has 0 unspecified atom stereocenters. The minimum Gasteiger partial charge on any atom is -0.456 e. The van der Waals surface area contributed by atoms with Crippen molar-refractivity contribution in [1.29, 1.82) is 0 Å². The first-order valence-electron chi connectivity index (χ1n) is 39.9. The number of para-hydroxylation sites is 2. The molecule has 0 saturated carbocycles. The van der Waals surface area contributed by atoms with Gasteiger partial charge in [0.05, 0.1) is 11.2 Å². The van der Waals surface area contributed by atoms with Crippen molar-refractivity contribution in [2.75, 3.05) is 0 Å². The summed E-state index contributed by atoms with van der Waals surface area (Å²) >= 11 is 6.31. The van der Waals surface area contributed by atoms with Gasteiger partial charge in [0, 0.05) is 76.4 Å². The number of fused-ring (bicyclic) bond motifs is 12. The van der Waals surface area contributed by atoms with Gasteiger partial charge in [-0.3, -0.25) is 0 Å². The van der Waals surface area contributed by atoms with Gasteiger partial charge in [-0.1, -0.05) is 267 Å².